The molecule has 0 aliphatic carbocycles. The Morgan fingerprint density at radius 1 is 1.10 bits per heavy atom. The van der Waals surface area contributed by atoms with Gasteiger partial charge in [0.1, 0.15) is 23.2 Å². The van der Waals surface area contributed by atoms with Gasteiger partial charge in [-0.15, -0.1) is 0 Å². The number of nitrogens with zero attached hydrogens (tertiary/aromatic N) is 3. The molecule has 5 nitrogen and oxygen atoms in total. The fourth-order valence-corrected chi connectivity index (χ4v) is 3.19. The second kappa shape index (κ2) is 9.70. The first-order chi connectivity index (χ1) is 14.2. The average Bonchev–Trinajstić information content (AvgIpc) is 2.74. The molecule has 0 amide bonds. The highest BCUT2D eigenvalue weighted by atomic mass is 16.5. The van der Waals surface area contributed by atoms with Gasteiger partial charge in [-0.1, -0.05) is 55.8 Å². The van der Waals surface area contributed by atoms with E-state index in [4.69, 9.17) is 4.74 Å². The van der Waals surface area contributed by atoms with Gasteiger partial charge in [0.05, 0.1) is 17.9 Å². The minimum Gasteiger partial charge on any atom is -0.493 e. The molecule has 1 heterocycles. The van der Waals surface area contributed by atoms with Gasteiger partial charge in [0.2, 0.25) is 0 Å². The highest BCUT2D eigenvalue weighted by molar-refractivity contribution is 5.65. The Bertz CT molecular complexity index is 1070. The predicted molar refractivity (Wildman–Crippen MR) is 114 cm³/mol. The summed E-state index contributed by atoms with van der Waals surface area (Å²) in [5.41, 5.74) is 2.10. The van der Waals surface area contributed by atoms with E-state index in [1.165, 1.54) is 0 Å². The Balaban J connectivity index is 2.07. The summed E-state index contributed by atoms with van der Waals surface area (Å²) >= 11 is 0. The molecule has 0 N–H and O–H groups in total. The van der Waals surface area contributed by atoms with Crippen molar-refractivity contribution >= 4 is 0 Å². The van der Waals surface area contributed by atoms with Crippen molar-refractivity contribution in [3.63, 3.8) is 0 Å². The summed E-state index contributed by atoms with van der Waals surface area (Å²) in [6.45, 7) is 4.86. The zero-order valence-corrected chi connectivity index (χ0v) is 16.9. The molecule has 29 heavy (non-hydrogen) atoms. The summed E-state index contributed by atoms with van der Waals surface area (Å²) < 4.78 is 7.56. The van der Waals surface area contributed by atoms with Crippen LogP contribution in [0.25, 0.3) is 11.4 Å². The fourth-order valence-electron chi connectivity index (χ4n) is 3.19. The lowest BCUT2D eigenvalue weighted by molar-refractivity contribution is 0.310. The van der Waals surface area contributed by atoms with E-state index in [-0.39, 0.29) is 11.1 Å². The van der Waals surface area contributed by atoms with Crippen LogP contribution >= 0.6 is 0 Å². The van der Waals surface area contributed by atoms with E-state index in [2.05, 4.69) is 11.9 Å². The number of hydrogen-bond donors (Lipinski definition) is 0. The Morgan fingerprint density at radius 2 is 1.83 bits per heavy atom. The van der Waals surface area contributed by atoms with E-state index >= 15 is 0 Å². The maximum atomic E-state index is 13.1. The summed E-state index contributed by atoms with van der Waals surface area (Å²) in [6.07, 6.45) is 2.66. The molecule has 0 unspecified atom stereocenters. The zero-order chi connectivity index (χ0) is 20.6. The largest absolute Gasteiger partial charge is 0.493 e. The molecular weight excluding hydrogens is 362 g/mol. The molecule has 2 aromatic carbocycles. The number of benzene rings is 2. The van der Waals surface area contributed by atoms with Gasteiger partial charge < -0.3 is 4.74 Å². The smallest absolute Gasteiger partial charge is 0.271 e. The third kappa shape index (κ3) is 4.72. The van der Waals surface area contributed by atoms with E-state index in [9.17, 15) is 10.1 Å². The van der Waals surface area contributed by atoms with Crippen molar-refractivity contribution in [3.05, 3.63) is 81.8 Å². The van der Waals surface area contributed by atoms with Crippen LogP contribution in [0.4, 0.5) is 0 Å². The fraction of sp³-hybridized carbons (Fsp3) is 0.292. The molecule has 0 aliphatic rings. The Labute approximate surface area is 171 Å². The lowest BCUT2D eigenvalue weighted by Gasteiger charge is -2.17. The standard InChI is InChI=1S/C24H25N3O2/c1-3-4-16-29-22-13-9-8-12-20(22)23-26-18(2)21(17-25)24(28)27(23)15-14-19-10-6-5-7-11-19/h5-13H,3-4,14-16H2,1-2H3. The van der Waals surface area contributed by atoms with Crippen LogP contribution in [0.1, 0.15) is 36.6 Å². The highest BCUT2D eigenvalue weighted by Gasteiger charge is 2.18. The van der Waals surface area contributed by atoms with Gasteiger partial charge in [-0.2, -0.15) is 5.26 Å². The molecule has 0 bridgehead atoms. The number of hydrogen-bond acceptors (Lipinski definition) is 4. The van der Waals surface area contributed by atoms with E-state index in [1.807, 2.05) is 60.7 Å². The molecule has 3 rings (SSSR count). The maximum Gasteiger partial charge on any atom is 0.271 e. The predicted octanol–water partition coefficient (Wildman–Crippen LogP) is 4.51. The number of unbranched alkanes of at least 4 members (excludes halogenated alkanes) is 1. The van der Waals surface area contributed by atoms with Gasteiger partial charge >= 0.3 is 0 Å². The lowest BCUT2D eigenvalue weighted by atomic mass is 10.1. The molecule has 5 heteroatoms. The molecule has 0 aliphatic heterocycles. The number of aromatic nitrogens is 2. The van der Waals surface area contributed by atoms with Gasteiger partial charge in [-0.05, 0) is 37.5 Å². The van der Waals surface area contributed by atoms with Gasteiger partial charge in [-0.25, -0.2) is 4.98 Å². The van der Waals surface area contributed by atoms with E-state index in [0.29, 0.717) is 36.8 Å². The lowest BCUT2D eigenvalue weighted by Crippen LogP contribution is -2.28. The Morgan fingerprint density at radius 3 is 2.55 bits per heavy atom. The number of nitriles is 1. The van der Waals surface area contributed by atoms with Crippen LogP contribution in [0.3, 0.4) is 0 Å². The molecule has 3 aromatic rings. The second-order valence-electron chi connectivity index (χ2n) is 6.90. The number of para-hydroxylation sites is 1. The van der Waals surface area contributed by atoms with E-state index < -0.39 is 0 Å². The van der Waals surface area contributed by atoms with Crippen LogP contribution in [0.2, 0.25) is 0 Å². The molecule has 0 fully saturated rings. The molecule has 148 valence electrons. The summed E-state index contributed by atoms with van der Waals surface area (Å²) in [5, 5.41) is 9.44. The van der Waals surface area contributed by atoms with Crippen LogP contribution in [0.5, 0.6) is 5.75 Å². The SMILES string of the molecule is CCCCOc1ccccc1-c1nc(C)c(C#N)c(=O)n1CCc1ccccc1. The van der Waals surface area contributed by atoms with Crippen molar-refractivity contribution in [3.8, 4) is 23.2 Å². The van der Waals surface area contributed by atoms with Crippen molar-refractivity contribution in [1.82, 2.24) is 9.55 Å². The minimum atomic E-state index is -0.311. The monoisotopic (exact) mass is 387 g/mol. The van der Waals surface area contributed by atoms with Crippen LogP contribution in [-0.4, -0.2) is 16.2 Å². The molecule has 0 atom stereocenters. The van der Waals surface area contributed by atoms with Crippen molar-refractivity contribution in [2.75, 3.05) is 6.61 Å². The van der Waals surface area contributed by atoms with Gasteiger partial charge in [0, 0.05) is 6.54 Å². The number of ether oxygens (including phenoxy) is 1. The zero-order valence-electron chi connectivity index (χ0n) is 16.9. The van der Waals surface area contributed by atoms with Crippen LogP contribution in [-0.2, 0) is 13.0 Å². The normalized spacial score (nSPS) is 10.5. The summed E-state index contributed by atoms with van der Waals surface area (Å²) in [4.78, 5) is 17.7. The van der Waals surface area contributed by atoms with Gasteiger partial charge in [0.15, 0.2) is 0 Å². The Kier molecular flexibility index (Phi) is 6.80. The van der Waals surface area contributed by atoms with Crippen LogP contribution in [0.15, 0.2) is 59.4 Å². The third-order valence-electron chi connectivity index (χ3n) is 4.81. The topological polar surface area (TPSA) is 67.9 Å². The Hall–Kier alpha value is -3.39. The maximum absolute atomic E-state index is 13.1. The number of rotatable bonds is 8. The summed E-state index contributed by atoms with van der Waals surface area (Å²) in [6, 6.07) is 19.6. The van der Waals surface area contributed by atoms with Crippen molar-refractivity contribution in [2.45, 2.75) is 39.7 Å². The van der Waals surface area contributed by atoms with Crippen molar-refractivity contribution < 1.29 is 4.74 Å². The minimum absolute atomic E-state index is 0.0891. The second-order valence-corrected chi connectivity index (χ2v) is 6.90. The highest BCUT2D eigenvalue weighted by Crippen LogP contribution is 2.28. The van der Waals surface area contributed by atoms with E-state index in [0.717, 1.165) is 24.0 Å². The molecule has 0 radical (unpaired) electrons. The third-order valence-corrected chi connectivity index (χ3v) is 4.81. The van der Waals surface area contributed by atoms with Gasteiger partial charge in [0.25, 0.3) is 5.56 Å². The van der Waals surface area contributed by atoms with E-state index in [1.54, 1.807) is 11.5 Å². The molecular formula is C24H25N3O2. The van der Waals surface area contributed by atoms with Crippen molar-refractivity contribution in [2.24, 2.45) is 0 Å². The first kappa shape index (κ1) is 20.3. The van der Waals surface area contributed by atoms with Crippen LogP contribution in [0, 0.1) is 18.3 Å². The summed E-state index contributed by atoms with van der Waals surface area (Å²) in [5.74, 6) is 1.24. The molecule has 0 spiro atoms. The molecule has 1 aromatic heterocycles. The average molecular weight is 387 g/mol. The molecule has 0 saturated heterocycles. The van der Waals surface area contributed by atoms with Crippen molar-refractivity contribution in [1.29, 1.82) is 5.26 Å². The first-order valence-corrected chi connectivity index (χ1v) is 9.93. The van der Waals surface area contributed by atoms with Crippen LogP contribution < -0.4 is 10.3 Å². The quantitative estimate of drug-likeness (QED) is 0.533. The summed E-state index contributed by atoms with van der Waals surface area (Å²) in [7, 11) is 0. The first-order valence-electron chi connectivity index (χ1n) is 9.93. The number of aryl methyl sites for hydroxylation is 2. The molecule has 0 saturated carbocycles. The van der Waals surface area contributed by atoms with Gasteiger partial charge in [-0.3, -0.25) is 9.36 Å².